The maximum Gasteiger partial charge on any atom is 0.348 e. The lowest BCUT2D eigenvalue weighted by atomic mass is 10.2. The Morgan fingerprint density at radius 1 is 1.34 bits per heavy atom. The molecule has 1 aliphatic rings. The van der Waals surface area contributed by atoms with Crippen LogP contribution in [0.5, 0.6) is 0 Å². The Labute approximate surface area is 176 Å². The fourth-order valence-electron chi connectivity index (χ4n) is 2.97. The molecule has 1 aromatic heterocycles. The molecule has 1 saturated heterocycles. The second-order valence-electron chi connectivity index (χ2n) is 8.99. The minimum absolute atomic E-state index is 0.0283. The zero-order valence-electron chi connectivity index (χ0n) is 18.0. The molecule has 1 amide bonds. The van der Waals surface area contributed by atoms with Crippen molar-refractivity contribution in [1.82, 2.24) is 4.90 Å². The molecule has 2 rings (SSSR count). The van der Waals surface area contributed by atoms with E-state index in [4.69, 9.17) is 4.43 Å². The number of carbonyl (C=O) groups excluding carboxylic acids is 2. The predicted molar refractivity (Wildman–Crippen MR) is 112 cm³/mol. The minimum Gasteiger partial charge on any atom is -0.465 e. The number of esters is 1. The molecule has 1 aromatic rings. The van der Waals surface area contributed by atoms with Crippen LogP contribution in [0.1, 0.15) is 48.2 Å². The summed E-state index contributed by atoms with van der Waals surface area (Å²) in [4.78, 5) is 26.5. The number of amides is 1. The SMILES string of the molecule is COC(=O)c1ccc(CCCN2C(=O)C(F)(F)C[C@@H]2CO[Si](C)(C)C(C)(C)C)s1. The quantitative estimate of drug-likeness (QED) is 0.427. The van der Waals surface area contributed by atoms with Gasteiger partial charge in [0.1, 0.15) is 4.88 Å². The van der Waals surface area contributed by atoms with Crippen molar-refractivity contribution >= 4 is 31.5 Å². The van der Waals surface area contributed by atoms with Gasteiger partial charge in [-0.05, 0) is 43.1 Å². The van der Waals surface area contributed by atoms with Gasteiger partial charge in [0.05, 0.1) is 19.8 Å². The molecule has 1 aliphatic heterocycles. The Balaban J connectivity index is 1.97. The van der Waals surface area contributed by atoms with E-state index in [1.165, 1.54) is 23.3 Å². The molecule has 5 nitrogen and oxygen atoms in total. The number of hydrogen-bond donors (Lipinski definition) is 0. The van der Waals surface area contributed by atoms with Crippen molar-refractivity contribution in [3.63, 3.8) is 0 Å². The number of thiophene rings is 1. The van der Waals surface area contributed by atoms with E-state index in [-0.39, 0.29) is 18.2 Å². The first-order chi connectivity index (χ1) is 13.3. The zero-order valence-corrected chi connectivity index (χ0v) is 19.8. The third-order valence-electron chi connectivity index (χ3n) is 5.82. The summed E-state index contributed by atoms with van der Waals surface area (Å²) in [7, 11) is -0.765. The Hall–Kier alpha value is -1.32. The van der Waals surface area contributed by atoms with Crippen LogP contribution in [0.4, 0.5) is 8.78 Å². The maximum absolute atomic E-state index is 14.1. The van der Waals surface area contributed by atoms with Crippen LogP contribution >= 0.6 is 11.3 Å². The van der Waals surface area contributed by atoms with Gasteiger partial charge in [-0.25, -0.2) is 4.79 Å². The minimum atomic E-state index is -3.33. The lowest BCUT2D eigenvalue weighted by Gasteiger charge is -2.37. The molecule has 1 atom stereocenters. The highest BCUT2D eigenvalue weighted by atomic mass is 32.1. The number of rotatable bonds is 8. The largest absolute Gasteiger partial charge is 0.465 e. The Bertz CT molecular complexity index is 745. The standard InChI is InChI=1S/C20H31F2NO4SSi/c1-19(2,3)29(5,6)27-13-14-12-20(21,22)18(25)23(14)11-7-8-15-9-10-16(28-15)17(24)26-4/h9-10,14H,7-8,11-13H2,1-6H3/t14-/m1/s1. The van der Waals surface area contributed by atoms with Crippen LogP contribution in [-0.4, -0.2) is 57.3 Å². The molecule has 1 fully saturated rings. The van der Waals surface area contributed by atoms with Gasteiger partial charge in [-0.1, -0.05) is 20.8 Å². The van der Waals surface area contributed by atoms with Crippen LogP contribution in [0, 0.1) is 0 Å². The second kappa shape index (κ2) is 8.81. The Morgan fingerprint density at radius 2 is 2.00 bits per heavy atom. The van der Waals surface area contributed by atoms with Crippen LogP contribution in [0.2, 0.25) is 18.1 Å². The number of aryl methyl sites for hydroxylation is 1. The monoisotopic (exact) mass is 447 g/mol. The molecule has 0 aliphatic carbocycles. The van der Waals surface area contributed by atoms with Gasteiger partial charge in [-0.2, -0.15) is 8.78 Å². The van der Waals surface area contributed by atoms with E-state index in [1.54, 1.807) is 6.07 Å². The Kier molecular flexibility index (Phi) is 7.28. The van der Waals surface area contributed by atoms with Crippen LogP contribution < -0.4 is 0 Å². The molecule has 0 radical (unpaired) electrons. The number of nitrogens with zero attached hydrogens (tertiary/aromatic N) is 1. The van der Waals surface area contributed by atoms with Crippen molar-refractivity contribution in [2.75, 3.05) is 20.3 Å². The number of likely N-dealkylation sites (tertiary alicyclic amines) is 1. The number of carbonyl (C=O) groups is 2. The molecule has 0 N–H and O–H groups in total. The van der Waals surface area contributed by atoms with Crippen molar-refractivity contribution < 1.29 is 27.5 Å². The summed E-state index contributed by atoms with van der Waals surface area (Å²) in [6.07, 6.45) is 0.651. The van der Waals surface area contributed by atoms with E-state index in [0.29, 0.717) is 17.7 Å². The van der Waals surface area contributed by atoms with E-state index >= 15 is 0 Å². The van der Waals surface area contributed by atoms with Crippen LogP contribution in [-0.2, 0) is 20.4 Å². The smallest absolute Gasteiger partial charge is 0.348 e. The average Bonchev–Trinajstić information content (AvgIpc) is 3.16. The molecule has 0 bridgehead atoms. The van der Waals surface area contributed by atoms with Gasteiger partial charge in [0, 0.05) is 17.8 Å². The van der Waals surface area contributed by atoms with Crippen LogP contribution in [0.3, 0.4) is 0 Å². The summed E-state index contributed by atoms with van der Waals surface area (Å²) in [5, 5.41) is -0.0283. The topological polar surface area (TPSA) is 55.8 Å². The van der Waals surface area contributed by atoms with Crippen molar-refractivity contribution in [2.24, 2.45) is 0 Å². The summed E-state index contributed by atoms with van der Waals surface area (Å²) >= 11 is 1.32. The first kappa shape index (κ1) is 24.0. The molecule has 29 heavy (non-hydrogen) atoms. The van der Waals surface area contributed by atoms with E-state index < -0.39 is 38.6 Å². The van der Waals surface area contributed by atoms with Crippen molar-refractivity contribution in [2.45, 2.75) is 70.1 Å². The highest BCUT2D eigenvalue weighted by molar-refractivity contribution is 7.13. The van der Waals surface area contributed by atoms with Gasteiger partial charge in [0.25, 0.3) is 5.91 Å². The highest BCUT2D eigenvalue weighted by Crippen LogP contribution is 2.39. The fraction of sp³-hybridized carbons (Fsp3) is 0.700. The van der Waals surface area contributed by atoms with E-state index in [1.807, 2.05) is 6.07 Å². The van der Waals surface area contributed by atoms with Crippen LogP contribution in [0.25, 0.3) is 0 Å². The molecule has 164 valence electrons. The summed E-state index contributed by atoms with van der Waals surface area (Å²) < 4.78 is 39.0. The second-order valence-corrected chi connectivity index (χ2v) is 15.0. The molecule has 0 aromatic carbocycles. The Morgan fingerprint density at radius 3 is 2.59 bits per heavy atom. The van der Waals surface area contributed by atoms with Gasteiger partial charge in [-0.3, -0.25) is 4.79 Å². The van der Waals surface area contributed by atoms with E-state index in [9.17, 15) is 18.4 Å². The number of alkyl halides is 2. The first-order valence-electron chi connectivity index (χ1n) is 9.78. The van der Waals surface area contributed by atoms with Gasteiger partial charge in [-0.15, -0.1) is 11.3 Å². The van der Waals surface area contributed by atoms with Gasteiger partial charge in [0.15, 0.2) is 8.32 Å². The normalized spacial score (nSPS) is 19.7. The average molecular weight is 448 g/mol. The molecular weight excluding hydrogens is 416 g/mol. The van der Waals surface area contributed by atoms with Gasteiger partial charge < -0.3 is 14.1 Å². The third kappa shape index (κ3) is 5.64. The molecule has 9 heteroatoms. The molecule has 0 unspecified atom stereocenters. The summed E-state index contributed by atoms with van der Waals surface area (Å²) in [5.41, 5.74) is 0. The number of halogens is 2. The van der Waals surface area contributed by atoms with E-state index in [0.717, 1.165) is 4.88 Å². The lowest BCUT2D eigenvalue weighted by Crippen LogP contribution is -2.45. The number of ether oxygens (including phenoxy) is 1. The van der Waals surface area contributed by atoms with Gasteiger partial charge >= 0.3 is 11.9 Å². The lowest BCUT2D eigenvalue weighted by molar-refractivity contribution is -0.148. The zero-order chi connectivity index (χ0) is 22.0. The summed E-state index contributed by atoms with van der Waals surface area (Å²) in [6.45, 7) is 10.8. The molecule has 0 spiro atoms. The van der Waals surface area contributed by atoms with Gasteiger partial charge in [0.2, 0.25) is 0 Å². The number of hydrogen-bond acceptors (Lipinski definition) is 5. The van der Waals surface area contributed by atoms with Crippen molar-refractivity contribution in [3.05, 3.63) is 21.9 Å². The fourth-order valence-corrected chi connectivity index (χ4v) is 4.98. The van der Waals surface area contributed by atoms with Crippen LogP contribution in [0.15, 0.2) is 12.1 Å². The molecular formula is C20H31F2NO4SSi. The molecule has 2 heterocycles. The highest BCUT2D eigenvalue weighted by Gasteiger charge is 2.53. The summed E-state index contributed by atoms with van der Waals surface area (Å²) in [5.74, 6) is -4.83. The third-order valence-corrected chi connectivity index (χ3v) is 11.4. The van der Waals surface area contributed by atoms with E-state index in [2.05, 4.69) is 38.6 Å². The maximum atomic E-state index is 14.1. The molecule has 0 saturated carbocycles. The van der Waals surface area contributed by atoms with Crippen molar-refractivity contribution in [3.8, 4) is 0 Å². The summed E-state index contributed by atoms with van der Waals surface area (Å²) in [6, 6.07) is 2.91. The predicted octanol–water partition coefficient (Wildman–Crippen LogP) is 4.73. The number of methoxy groups -OCH3 is 1. The first-order valence-corrected chi connectivity index (χ1v) is 13.5. The van der Waals surface area contributed by atoms with Crippen molar-refractivity contribution in [1.29, 1.82) is 0 Å².